The fourth-order valence-electron chi connectivity index (χ4n) is 0.726. The van der Waals surface area contributed by atoms with Gasteiger partial charge in [-0.05, 0) is 23.7 Å². The molecule has 1 aromatic rings. The Hall–Kier alpha value is -0.510. The van der Waals surface area contributed by atoms with Crippen molar-refractivity contribution in [1.29, 1.82) is 0 Å². The highest BCUT2D eigenvalue weighted by Crippen LogP contribution is 2.04. The first kappa shape index (κ1) is 11.5. The molecule has 5 heteroatoms. The molecule has 0 bridgehead atoms. The lowest BCUT2D eigenvalue weighted by molar-refractivity contribution is -0.112. The molecule has 1 atom stereocenters. The minimum atomic E-state index is -0.664. The molecule has 1 rings (SSSR count). The van der Waals surface area contributed by atoms with Crippen LogP contribution in [0.4, 0.5) is 0 Å². The fraction of sp³-hybridized carbons (Fsp3) is 0.286. The van der Waals surface area contributed by atoms with E-state index in [0.717, 1.165) is 0 Å². The molecule has 0 saturated heterocycles. The lowest BCUT2D eigenvalue weighted by atomic mass is 10.2. The van der Waals surface area contributed by atoms with Gasteiger partial charge >= 0.3 is 0 Å². The van der Waals surface area contributed by atoms with Gasteiger partial charge in [0.1, 0.15) is 5.76 Å². The minimum Gasteiger partial charge on any atom is -0.469 e. The average Bonchev–Trinajstić information content (AvgIpc) is 2.39. The van der Waals surface area contributed by atoms with Crippen LogP contribution in [0.1, 0.15) is 5.76 Å². The molecule has 68 valence electrons. The molecule has 0 fully saturated rings. The number of nitrogens with two attached hydrogens (primary N) is 1. The molecule has 0 aliphatic heterocycles. The average molecular weight is 210 g/mol. The summed E-state index contributed by atoms with van der Waals surface area (Å²) in [6.45, 7) is 0. The molecule has 0 aliphatic rings. The predicted molar refractivity (Wildman–Crippen MR) is 48.5 cm³/mol. The molecule has 0 spiro atoms. The summed E-state index contributed by atoms with van der Waals surface area (Å²) in [5.41, 5.74) is 5.37. The largest absolute Gasteiger partial charge is 0.469 e. The van der Waals surface area contributed by atoms with Crippen molar-refractivity contribution in [2.75, 3.05) is 0 Å². The van der Waals surface area contributed by atoms with E-state index in [1.54, 1.807) is 12.1 Å². The lowest BCUT2D eigenvalue weighted by Gasteiger charge is -2.01. The lowest BCUT2D eigenvalue weighted by Crippen LogP contribution is -2.28. The van der Waals surface area contributed by atoms with E-state index in [2.05, 4.69) is 0 Å². The van der Waals surface area contributed by atoms with Crippen molar-refractivity contribution in [3.8, 4) is 0 Å². The first-order valence-electron chi connectivity index (χ1n) is 3.17. The predicted octanol–water partition coefficient (Wildman–Crippen LogP) is 1.34. The van der Waals surface area contributed by atoms with E-state index in [1.165, 1.54) is 6.26 Å². The first-order chi connectivity index (χ1) is 5.20. The Morgan fingerprint density at radius 3 is 2.83 bits per heavy atom. The summed E-state index contributed by atoms with van der Waals surface area (Å²) < 4.78 is 4.96. The molecule has 0 amide bonds. The van der Waals surface area contributed by atoms with E-state index in [9.17, 15) is 4.79 Å². The zero-order valence-corrected chi connectivity index (χ0v) is 7.77. The third-order valence-corrected chi connectivity index (χ3v) is 1.57. The van der Waals surface area contributed by atoms with Gasteiger partial charge in [0.15, 0.2) is 0 Å². The van der Waals surface area contributed by atoms with Gasteiger partial charge in [-0.25, -0.2) is 0 Å². The number of hydrogen-bond donors (Lipinski definition) is 1. The highest BCUT2D eigenvalue weighted by molar-refractivity contribution is 6.64. The van der Waals surface area contributed by atoms with Crippen LogP contribution in [0, 0.1) is 0 Å². The summed E-state index contributed by atoms with van der Waals surface area (Å²) in [5, 5.41) is -0.540. The highest BCUT2D eigenvalue weighted by Gasteiger charge is 2.11. The van der Waals surface area contributed by atoms with Gasteiger partial charge in [0, 0.05) is 6.42 Å². The summed E-state index contributed by atoms with van der Waals surface area (Å²) in [6.07, 6.45) is 1.89. The molecule has 0 aliphatic carbocycles. The Morgan fingerprint density at radius 2 is 2.42 bits per heavy atom. The third kappa shape index (κ3) is 3.26. The van der Waals surface area contributed by atoms with Gasteiger partial charge in [-0.1, -0.05) is 0 Å². The van der Waals surface area contributed by atoms with Gasteiger partial charge in [0.05, 0.1) is 12.3 Å². The zero-order valence-electron chi connectivity index (χ0n) is 6.20. The zero-order chi connectivity index (χ0) is 8.27. The summed E-state index contributed by atoms with van der Waals surface area (Å²) in [7, 11) is 0. The second-order valence-electron chi connectivity index (χ2n) is 2.19. The molecular weight excluding hydrogens is 201 g/mol. The minimum absolute atomic E-state index is 0. The molecular formula is C7H9Cl2NO2. The molecule has 0 saturated carbocycles. The van der Waals surface area contributed by atoms with Crippen LogP contribution in [-0.4, -0.2) is 11.3 Å². The van der Waals surface area contributed by atoms with Gasteiger partial charge in [-0.3, -0.25) is 4.79 Å². The maximum atomic E-state index is 10.5. The van der Waals surface area contributed by atoms with Crippen LogP contribution >= 0.6 is 24.0 Å². The molecule has 0 unspecified atom stereocenters. The summed E-state index contributed by atoms with van der Waals surface area (Å²) >= 11 is 5.14. The van der Waals surface area contributed by atoms with E-state index < -0.39 is 11.3 Å². The third-order valence-electron chi connectivity index (χ3n) is 1.29. The van der Waals surface area contributed by atoms with Crippen LogP contribution in [0.3, 0.4) is 0 Å². The van der Waals surface area contributed by atoms with E-state index in [-0.39, 0.29) is 12.4 Å². The highest BCUT2D eigenvalue weighted by atomic mass is 35.5. The summed E-state index contributed by atoms with van der Waals surface area (Å²) in [5.74, 6) is 0.673. The van der Waals surface area contributed by atoms with Gasteiger partial charge in [-0.2, -0.15) is 0 Å². The van der Waals surface area contributed by atoms with Crippen LogP contribution in [0.2, 0.25) is 0 Å². The maximum Gasteiger partial charge on any atom is 0.238 e. The van der Waals surface area contributed by atoms with Crippen molar-refractivity contribution in [3.05, 3.63) is 24.2 Å². The van der Waals surface area contributed by atoms with Gasteiger partial charge in [0.25, 0.3) is 0 Å². The van der Waals surface area contributed by atoms with Crippen molar-refractivity contribution in [1.82, 2.24) is 0 Å². The van der Waals surface area contributed by atoms with E-state index in [0.29, 0.717) is 12.2 Å². The van der Waals surface area contributed by atoms with Crippen molar-refractivity contribution < 1.29 is 9.21 Å². The van der Waals surface area contributed by atoms with Crippen molar-refractivity contribution in [2.24, 2.45) is 5.73 Å². The Bertz CT molecular complexity index is 236. The number of carbonyl (C=O) groups excluding carboxylic acids is 1. The number of carbonyl (C=O) groups is 1. The molecule has 1 heterocycles. The molecule has 0 radical (unpaired) electrons. The summed E-state index contributed by atoms with van der Waals surface area (Å²) in [6, 6.07) is 2.82. The van der Waals surface area contributed by atoms with E-state index in [1.807, 2.05) is 0 Å². The van der Waals surface area contributed by atoms with Crippen molar-refractivity contribution >= 4 is 29.3 Å². The topological polar surface area (TPSA) is 56.2 Å². The van der Waals surface area contributed by atoms with Crippen LogP contribution in [-0.2, 0) is 11.2 Å². The number of hydrogen-bond acceptors (Lipinski definition) is 3. The SMILES string of the molecule is Cl.N[C@@H](Cc1ccco1)C(=O)Cl. The monoisotopic (exact) mass is 209 g/mol. The fourth-order valence-corrected chi connectivity index (χ4v) is 0.803. The van der Waals surface area contributed by atoms with E-state index >= 15 is 0 Å². The van der Waals surface area contributed by atoms with Crippen molar-refractivity contribution in [2.45, 2.75) is 12.5 Å². The molecule has 1 aromatic heterocycles. The maximum absolute atomic E-state index is 10.5. The van der Waals surface area contributed by atoms with Crippen LogP contribution in [0.15, 0.2) is 22.8 Å². The van der Waals surface area contributed by atoms with Crippen LogP contribution in [0.5, 0.6) is 0 Å². The van der Waals surface area contributed by atoms with Gasteiger partial charge in [-0.15, -0.1) is 12.4 Å². The number of rotatable bonds is 3. The quantitative estimate of drug-likeness (QED) is 0.765. The van der Waals surface area contributed by atoms with E-state index in [4.69, 9.17) is 21.8 Å². The smallest absolute Gasteiger partial charge is 0.238 e. The second kappa shape index (κ2) is 5.19. The Morgan fingerprint density at radius 1 is 1.75 bits per heavy atom. The first-order valence-corrected chi connectivity index (χ1v) is 3.55. The molecule has 2 N–H and O–H groups in total. The molecule has 0 aromatic carbocycles. The van der Waals surface area contributed by atoms with Crippen LogP contribution in [0.25, 0.3) is 0 Å². The van der Waals surface area contributed by atoms with Crippen LogP contribution < -0.4 is 5.73 Å². The Balaban J connectivity index is 0.00000121. The Labute approximate surface area is 81.3 Å². The Kier molecular flexibility index (Phi) is 4.97. The molecule has 12 heavy (non-hydrogen) atoms. The number of halogens is 2. The number of furan rings is 1. The standard InChI is InChI=1S/C7H8ClNO2.ClH/c8-7(10)6(9)4-5-2-1-3-11-5;/h1-3,6H,4,9H2;1H/t6-;/m0./s1. The summed E-state index contributed by atoms with van der Waals surface area (Å²) in [4.78, 5) is 10.5. The van der Waals surface area contributed by atoms with Gasteiger partial charge in [0.2, 0.25) is 5.24 Å². The normalized spacial score (nSPS) is 11.8. The van der Waals surface area contributed by atoms with Gasteiger partial charge < -0.3 is 10.2 Å². The van der Waals surface area contributed by atoms with Crippen molar-refractivity contribution in [3.63, 3.8) is 0 Å². The molecule has 3 nitrogen and oxygen atoms in total. The second-order valence-corrected chi connectivity index (χ2v) is 2.57.